The van der Waals surface area contributed by atoms with E-state index in [1.54, 1.807) is 24.0 Å². The van der Waals surface area contributed by atoms with Crippen molar-refractivity contribution in [2.45, 2.75) is 6.42 Å². The number of hydrogen-bond donors (Lipinski definition) is 2. The highest BCUT2D eigenvalue weighted by Crippen LogP contribution is 2.37. The molecule has 0 aliphatic carbocycles. The van der Waals surface area contributed by atoms with Gasteiger partial charge in [-0.15, -0.1) is 0 Å². The molecule has 1 aromatic carbocycles. The van der Waals surface area contributed by atoms with Crippen molar-refractivity contribution in [2.24, 2.45) is 0 Å². The zero-order valence-corrected chi connectivity index (χ0v) is 19.2. The van der Waals surface area contributed by atoms with E-state index in [4.69, 9.17) is 27.1 Å². The van der Waals surface area contributed by atoms with Crippen molar-refractivity contribution in [3.8, 4) is 17.0 Å². The number of nitrogens with one attached hydrogen (secondary N) is 1. The molecule has 33 heavy (non-hydrogen) atoms. The molecule has 1 aliphatic heterocycles. The largest absolute Gasteiger partial charge is 0.495 e. The number of halogens is 1. The summed E-state index contributed by atoms with van der Waals surface area (Å²) in [5, 5.41) is 8.20. The van der Waals surface area contributed by atoms with Crippen molar-refractivity contribution in [3.63, 3.8) is 0 Å². The molecule has 0 unspecified atom stereocenters. The monoisotopic (exact) mass is 461 g/mol. The fraction of sp³-hybridized carbons (Fsp3) is 0.208. The van der Waals surface area contributed by atoms with Gasteiger partial charge in [0, 0.05) is 30.4 Å². The second-order valence-electron chi connectivity index (χ2n) is 7.99. The summed E-state index contributed by atoms with van der Waals surface area (Å²) < 4.78 is 7.27. The van der Waals surface area contributed by atoms with Gasteiger partial charge in [-0.2, -0.15) is 5.10 Å². The maximum Gasteiger partial charge on any atom is 0.227 e. The van der Waals surface area contributed by atoms with Crippen LogP contribution in [0.3, 0.4) is 0 Å². The van der Waals surface area contributed by atoms with E-state index in [9.17, 15) is 0 Å². The molecule has 0 amide bonds. The van der Waals surface area contributed by atoms with Gasteiger partial charge in [0.15, 0.2) is 0 Å². The van der Waals surface area contributed by atoms with Crippen LogP contribution in [0.25, 0.3) is 22.3 Å². The van der Waals surface area contributed by atoms with Gasteiger partial charge >= 0.3 is 0 Å². The Morgan fingerprint density at radius 3 is 2.85 bits per heavy atom. The number of benzene rings is 1. The van der Waals surface area contributed by atoms with Gasteiger partial charge in [0.1, 0.15) is 5.75 Å². The van der Waals surface area contributed by atoms with E-state index in [2.05, 4.69) is 33.4 Å². The summed E-state index contributed by atoms with van der Waals surface area (Å²) in [6.45, 7) is 1.87. The van der Waals surface area contributed by atoms with Gasteiger partial charge < -0.3 is 20.7 Å². The predicted molar refractivity (Wildman–Crippen MR) is 132 cm³/mol. The normalized spacial score (nSPS) is 14.3. The quantitative estimate of drug-likeness (QED) is 0.422. The second kappa shape index (κ2) is 8.73. The fourth-order valence-corrected chi connectivity index (χ4v) is 4.20. The zero-order chi connectivity index (χ0) is 22.9. The topological polar surface area (TPSA) is 93.6 Å². The molecule has 0 spiro atoms. The van der Waals surface area contributed by atoms with Crippen LogP contribution in [0.4, 0.5) is 17.3 Å². The van der Waals surface area contributed by atoms with Gasteiger partial charge in [-0.3, -0.25) is 0 Å². The zero-order valence-electron chi connectivity index (χ0n) is 18.4. The van der Waals surface area contributed by atoms with Crippen molar-refractivity contribution < 1.29 is 4.74 Å². The number of methoxy groups -OCH3 is 1. The number of pyridine rings is 1. The molecule has 168 valence electrons. The number of aromatic nitrogens is 4. The maximum atomic E-state index is 6.48. The van der Waals surface area contributed by atoms with Gasteiger partial charge in [-0.25, -0.2) is 14.5 Å². The van der Waals surface area contributed by atoms with Gasteiger partial charge in [0.2, 0.25) is 5.95 Å². The Balaban J connectivity index is 1.56. The summed E-state index contributed by atoms with van der Waals surface area (Å²) >= 11 is 6.48. The highest BCUT2D eigenvalue weighted by Gasteiger charge is 2.18. The van der Waals surface area contributed by atoms with Crippen molar-refractivity contribution in [1.82, 2.24) is 24.5 Å². The van der Waals surface area contributed by atoms with Crippen LogP contribution in [0.2, 0.25) is 5.02 Å². The van der Waals surface area contributed by atoms with Crippen LogP contribution in [0.15, 0.2) is 55.0 Å². The molecule has 1 aliphatic rings. The Morgan fingerprint density at radius 1 is 1.18 bits per heavy atom. The standard InChI is InChI=1S/C24H24ClN7O/c1-31-9-6-15(7-10-31)16-11-22(33-2)19(26)12-20(16)29-24-27-14-18(25)23(30-24)17-13-28-32-8-4-3-5-21(17)32/h3-6,8,11-14H,7,9-10,26H2,1-2H3,(H,27,29,30). The Bertz CT molecular complexity index is 1360. The number of fused-ring (bicyclic) bond motifs is 1. The van der Waals surface area contributed by atoms with Crippen LogP contribution in [0, 0.1) is 0 Å². The number of hydrogen-bond acceptors (Lipinski definition) is 7. The molecule has 0 saturated carbocycles. The van der Waals surface area contributed by atoms with Crippen molar-refractivity contribution >= 4 is 40.0 Å². The minimum absolute atomic E-state index is 0.420. The number of ether oxygens (including phenoxy) is 1. The van der Waals surface area contributed by atoms with Crippen LogP contribution in [-0.2, 0) is 0 Å². The van der Waals surface area contributed by atoms with Crippen molar-refractivity contribution in [2.75, 3.05) is 38.3 Å². The van der Waals surface area contributed by atoms with E-state index in [0.29, 0.717) is 28.1 Å². The third-order valence-corrected chi connectivity index (χ3v) is 6.08. The van der Waals surface area contributed by atoms with E-state index >= 15 is 0 Å². The summed E-state index contributed by atoms with van der Waals surface area (Å²) in [5.41, 5.74) is 12.2. The Labute approximate surface area is 196 Å². The summed E-state index contributed by atoms with van der Waals surface area (Å²) in [5.74, 6) is 1.06. The lowest BCUT2D eigenvalue weighted by atomic mass is 9.97. The average molecular weight is 462 g/mol. The van der Waals surface area contributed by atoms with Crippen LogP contribution in [0.1, 0.15) is 12.0 Å². The number of nitrogens with two attached hydrogens (primary N) is 1. The van der Waals surface area contributed by atoms with Crippen LogP contribution >= 0.6 is 11.6 Å². The van der Waals surface area contributed by atoms with Crippen LogP contribution in [-0.4, -0.2) is 51.7 Å². The molecule has 4 heterocycles. The lowest BCUT2D eigenvalue weighted by Gasteiger charge is -2.24. The van der Waals surface area contributed by atoms with Crippen LogP contribution < -0.4 is 15.8 Å². The molecular weight excluding hydrogens is 438 g/mol. The maximum absolute atomic E-state index is 6.48. The smallest absolute Gasteiger partial charge is 0.227 e. The highest BCUT2D eigenvalue weighted by molar-refractivity contribution is 6.33. The van der Waals surface area contributed by atoms with E-state index in [0.717, 1.165) is 41.8 Å². The summed E-state index contributed by atoms with van der Waals surface area (Å²) in [6, 6.07) is 9.68. The first kappa shape index (κ1) is 21.2. The first-order chi connectivity index (χ1) is 16.0. The van der Waals surface area contributed by atoms with Gasteiger partial charge in [-0.1, -0.05) is 23.7 Å². The first-order valence-electron chi connectivity index (χ1n) is 10.6. The molecule has 0 radical (unpaired) electrons. The number of nitrogens with zero attached hydrogens (tertiary/aromatic N) is 5. The molecule has 0 fully saturated rings. The molecule has 9 heteroatoms. The number of anilines is 3. The molecule has 3 aromatic heterocycles. The van der Waals surface area contributed by atoms with E-state index in [1.165, 1.54) is 5.57 Å². The van der Waals surface area contributed by atoms with Crippen LogP contribution in [0.5, 0.6) is 5.75 Å². The lowest BCUT2D eigenvalue weighted by molar-refractivity contribution is 0.370. The summed E-state index contributed by atoms with van der Waals surface area (Å²) in [7, 11) is 3.73. The third kappa shape index (κ3) is 4.10. The number of rotatable bonds is 5. The number of likely N-dealkylation sites (N-methyl/N-ethyl adjacent to an activating group) is 1. The minimum atomic E-state index is 0.420. The molecule has 0 atom stereocenters. The minimum Gasteiger partial charge on any atom is -0.495 e. The van der Waals surface area contributed by atoms with Gasteiger partial charge in [0.05, 0.1) is 47.1 Å². The third-order valence-electron chi connectivity index (χ3n) is 5.80. The van der Waals surface area contributed by atoms with Crippen molar-refractivity contribution in [1.29, 1.82) is 0 Å². The number of nitrogen functional groups attached to an aromatic ring is 1. The molecule has 4 aromatic rings. The average Bonchev–Trinajstić information content (AvgIpc) is 3.25. The Kier molecular flexibility index (Phi) is 5.62. The Morgan fingerprint density at radius 2 is 2.06 bits per heavy atom. The van der Waals surface area contributed by atoms with E-state index in [-0.39, 0.29) is 0 Å². The molecule has 3 N–H and O–H groups in total. The molecule has 0 saturated heterocycles. The molecule has 5 rings (SSSR count). The Hall–Kier alpha value is -3.62. The SMILES string of the molecule is COc1cc(C2=CCN(C)CC2)c(Nc2ncc(Cl)c(-c3cnn4ccccc34)n2)cc1N. The van der Waals surface area contributed by atoms with Gasteiger partial charge in [0.25, 0.3) is 0 Å². The fourth-order valence-electron chi connectivity index (χ4n) is 4.01. The lowest BCUT2D eigenvalue weighted by Crippen LogP contribution is -2.23. The molecule has 8 nitrogen and oxygen atoms in total. The van der Waals surface area contributed by atoms with Gasteiger partial charge in [-0.05, 0) is 43.3 Å². The summed E-state index contributed by atoms with van der Waals surface area (Å²) in [6.07, 6.45) is 8.39. The van der Waals surface area contributed by atoms with Crippen molar-refractivity contribution in [3.05, 3.63) is 65.6 Å². The molecule has 0 bridgehead atoms. The van der Waals surface area contributed by atoms with E-state index < -0.39 is 0 Å². The second-order valence-corrected chi connectivity index (χ2v) is 8.39. The first-order valence-corrected chi connectivity index (χ1v) is 11.0. The van der Waals surface area contributed by atoms with E-state index in [1.807, 2.05) is 36.5 Å². The predicted octanol–water partition coefficient (Wildman–Crippen LogP) is 4.50. The summed E-state index contributed by atoms with van der Waals surface area (Å²) in [4.78, 5) is 11.4. The molecular formula is C24H24ClN7O. The highest BCUT2D eigenvalue weighted by atomic mass is 35.5.